The lowest BCUT2D eigenvalue weighted by Crippen LogP contribution is -2.38. The highest BCUT2D eigenvalue weighted by molar-refractivity contribution is 6.88. The van der Waals surface area contributed by atoms with Crippen molar-refractivity contribution in [3.63, 3.8) is 0 Å². The molecule has 3 heteroatoms. The monoisotopic (exact) mass is 240 g/mol. The maximum absolute atomic E-state index is 11.2. The van der Waals surface area contributed by atoms with E-state index in [0.717, 1.165) is 11.1 Å². The lowest BCUT2D eigenvalue weighted by molar-refractivity contribution is 0.108. The van der Waals surface area contributed by atoms with Crippen molar-refractivity contribution < 1.29 is 4.79 Å². The second kappa shape index (κ2) is 4.10. The molecular weight excluding hydrogens is 224 g/mol. The van der Waals surface area contributed by atoms with Gasteiger partial charge in [-0.1, -0.05) is 37.0 Å². The maximum atomic E-state index is 11.2. The topological polar surface area (TPSA) is 17.1 Å². The molecule has 0 aromatic heterocycles. The first-order valence-electron chi connectivity index (χ1n) is 5.05. The first-order chi connectivity index (χ1) is 6.73. The third kappa shape index (κ3) is 2.70. The number of benzene rings is 1. The third-order valence-electron chi connectivity index (χ3n) is 2.60. The van der Waals surface area contributed by atoms with E-state index in [1.807, 2.05) is 13.8 Å². The van der Waals surface area contributed by atoms with Crippen LogP contribution in [0.5, 0.6) is 0 Å². The molecule has 0 unspecified atom stereocenters. The number of rotatable bonds is 2. The zero-order valence-electron chi connectivity index (χ0n) is 9.94. The van der Waals surface area contributed by atoms with Crippen molar-refractivity contribution in [1.82, 2.24) is 0 Å². The van der Waals surface area contributed by atoms with Crippen molar-refractivity contribution in [2.24, 2.45) is 0 Å². The second-order valence-corrected chi connectivity index (χ2v) is 10.4. The van der Waals surface area contributed by atoms with Crippen LogP contribution in [0.1, 0.15) is 21.5 Å². The molecule has 82 valence electrons. The lowest BCUT2D eigenvalue weighted by Gasteiger charge is -2.19. The highest BCUT2D eigenvalue weighted by atomic mass is 35.5. The predicted molar refractivity (Wildman–Crippen MR) is 69.1 cm³/mol. The molecule has 0 spiro atoms. The zero-order chi connectivity index (χ0) is 11.8. The number of carbonyl (C=O) groups excluding carboxylic acids is 1. The molecular formula is C12H17ClOSi. The van der Waals surface area contributed by atoms with E-state index in [1.165, 1.54) is 5.19 Å². The van der Waals surface area contributed by atoms with Crippen LogP contribution in [0.4, 0.5) is 0 Å². The number of carbonyl (C=O) groups is 1. The standard InChI is InChI=1S/C12H17ClOSi/c1-8-6-10(15(3,4)5)7-9(2)11(8)12(13)14/h6-7H,1-5H3. The smallest absolute Gasteiger partial charge is 0.252 e. The summed E-state index contributed by atoms with van der Waals surface area (Å²) in [6.45, 7) is 10.8. The Morgan fingerprint density at radius 2 is 1.53 bits per heavy atom. The number of hydrogen-bond acceptors (Lipinski definition) is 1. The first-order valence-corrected chi connectivity index (χ1v) is 8.93. The van der Waals surface area contributed by atoms with Crippen LogP contribution in [0.3, 0.4) is 0 Å². The molecule has 0 N–H and O–H groups in total. The minimum atomic E-state index is -1.31. The fourth-order valence-electron chi connectivity index (χ4n) is 1.71. The molecule has 0 bridgehead atoms. The molecule has 0 aliphatic rings. The average molecular weight is 241 g/mol. The molecule has 0 fully saturated rings. The zero-order valence-corrected chi connectivity index (χ0v) is 11.7. The molecule has 1 aromatic rings. The van der Waals surface area contributed by atoms with Gasteiger partial charge in [0.1, 0.15) is 0 Å². The van der Waals surface area contributed by atoms with Gasteiger partial charge in [-0.2, -0.15) is 0 Å². The van der Waals surface area contributed by atoms with E-state index in [4.69, 9.17) is 11.6 Å². The molecule has 0 heterocycles. The van der Waals surface area contributed by atoms with Gasteiger partial charge in [0, 0.05) is 5.56 Å². The molecule has 0 atom stereocenters. The fraction of sp³-hybridized carbons (Fsp3) is 0.417. The first kappa shape index (κ1) is 12.5. The molecule has 0 saturated heterocycles. The number of halogens is 1. The van der Waals surface area contributed by atoms with E-state index in [0.29, 0.717) is 5.56 Å². The molecule has 0 amide bonds. The van der Waals surface area contributed by atoms with Crippen LogP contribution < -0.4 is 5.19 Å². The van der Waals surface area contributed by atoms with Gasteiger partial charge in [0.05, 0.1) is 8.07 Å². The quantitative estimate of drug-likeness (QED) is 0.573. The Morgan fingerprint density at radius 3 is 1.80 bits per heavy atom. The molecule has 1 rings (SSSR count). The summed E-state index contributed by atoms with van der Waals surface area (Å²) in [7, 11) is -1.31. The molecule has 0 saturated carbocycles. The molecule has 0 aliphatic carbocycles. The molecule has 1 nitrogen and oxygen atoms in total. The predicted octanol–water partition coefficient (Wildman–Crippen LogP) is 3.23. The van der Waals surface area contributed by atoms with Gasteiger partial charge in [0.25, 0.3) is 5.24 Å². The largest absolute Gasteiger partial charge is 0.276 e. The molecule has 1 aromatic carbocycles. The highest BCUT2D eigenvalue weighted by Crippen LogP contribution is 2.16. The second-order valence-electron chi connectivity index (χ2n) is 5.01. The minimum absolute atomic E-state index is 0.355. The van der Waals surface area contributed by atoms with Crippen LogP contribution in [-0.2, 0) is 0 Å². The Kier molecular flexibility index (Phi) is 3.41. The van der Waals surface area contributed by atoms with Crippen molar-refractivity contribution in [2.45, 2.75) is 33.5 Å². The fourth-order valence-corrected chi connectivity index (χ4v) is 3.30. The lowest BCUT2D eigenvalue weighted by atomic mass is 10.0. The summed E-state index contributed by atoms with van der Waals surface area (Å²) in [4.78, 5) is 11.2. The SMILES string of the molecule is Cc1cc([Si](C)(C)C)cc(C)c1C(=O)Cl. The average Bonchev–Trinajstić information content (AvgIpc) is 1.99. The Labute approximate surface area is 97.5 Å². The van der Waals surface area contributed by atoms with Gasteiger partial charge < -0.3 is 0 Å². The van der Waals surface area contributed by atoms with Crippen molar-refractivity contribution >= 4 is 30.1 Å². The van der Waals surface area contributed by atoms with Gasteiger partial charge in [0.15, 0.2) is 0 Å². The molecule has 0 aliphatic heterocycles. The minimum Gasteiger partial charge on any atom is -0.276 e. The van der Waals surface area contributed by atoms with E-state index in [2.05, 4.69) is 31.8 Å². The van der Waals surface area contributed by atoms with Crippen LogP contribution in [0.2, 0.25) is 19.6 Å². The van der Waals surface area contributed by atoms with E-state index >= 15 is 0 Å². The van der Waals surface area contributed by atoms with Crippen molar-refractivity contribution in [3.05, 3.63) is 28.8 Å². The number of hydrogen-bond donors (Lipinski definition) is 0. The van der Waals surface area contributed by atoms with Gasteiger partial charge in [-0.25, -0.2) is 0 Å². The van der Waals surface area contributed by atoms with Crippen LogP contribution in [0.25, 0.3) is 0 Å². The van der Waals surface area contributed by atoms with Gasteiger partial charge in [0.2, 0.25) is 0 Å². The summed E-state index contributed by atoms with van der Waals surface area (Å²) in [6, 6.07) is 4.21. The van der Waals surface area contributed by atoms with Crippen LogP contribution in [0.15, 0.2) is 12.1 Å². The normalized spacial score (nSPS) is 11.6. The summed E-state index contributed by atoms with van der Waals surface area (Å²) in [6.07, 6.45) is 0. The maximum Gasteiger partial charge on any atom is 0.252 e. The molecule has 0 radical (unpaired) electrons. The summed E-state index contributed by atoms with van der Waals surface area (Å²) in [5, 5.41) is 1.02. The van der Waals surface area contributed by atoms with Gasteiger partial charge in [-0.05, 0) is 36.6 Å². The van der Waals surface area contributed by atoms with E-state index in [9.17, 15) is 4.79 Å². The van der Waals surface area contributed by atoms with Crippen LogP contribution >= 0.6 is 11.6 Å². The molecule has 15 heavy (non-hydrogen) atoms. The van der Waals surface area contributed by atoms with E-state index in [-0.39, 0.29) is 5.24 Å². The Morgan fingerprint density at radius 1 is 1.13 bits per heavy atom. The van der Waals surface area contributed by atoms with Crippen molar-refractivity contribution in [1.29, 1.82) is 0 Å². The summed E-state index contributed by atoms with van der Waals surface area (Å²) in [5.41, 5.74) is 2.65. The van der Waals surface area contributed by atoms with Crippen LogP contribution in [0, 0.1) is 13.8 Å². The van der Waals surface area contributed by atoms with E-state index < -0.39 is 8.07 Å². The van der Waals surface area contributed by atoms with Crippen LogP contribution in [-0.4, -0.2) is 13.3 Å². The van der Waals surface area contributed by atoms with E-state index in [1.54, 1.807) is 0 Å². The van der Waals surface area contributed by atoms with Crippen molar-refractivity contribution in [2.75, 3.05) is 0 Å². The van der Waals surface area contributed by atoms with Gasteiger partial charge >= 0.3 is 0 Å². The Bertz CT molecular complexity index is 382. The highest BCUT2D eigenvalue weighted by Gasteiger charge is 2.19. The van der Waals surface area contributed by atoms with Crippen molar-refractivity contribution in [3.8, 4) is 0 Å². The third-order valence-corrected chi connectivity index (χ3v) is 4.80. The number of aryl methyl sites for hydroxylation is 2. The van der Waals surface area contributed by atoms with Gasteiger partial charge in [-0.15, -0.1) is 0 Å². The van der Waals surface area contributed by atoms with Gasteiger partial charge in [-0.3, -0.25) is 4.79 Å². The summed E-state index contributed by atoms with van der Waals surface area (Å²) >= 11 is 5.55. The Hall–Kier alpha value is -0.603. The Balaban J connectivity index is 3.39. The summed E-state index contributed by atoms with van der Waals surface area (Å²) in [5.74, 6) is 0. The summed E-state index contributed by atoms with van der Waals surface area (Å²) < 4.78 is 0.